The average molecular weight is 216 g/mol. The maximum Gasteiger partial charge on any atom is 0.339 e. The summed E-state index contributed by atoms with van der Waals surface area (Å²) in [5.41, 5.74) is 6.20. The molecular formula is C14H16O2. The minimum Gasteiger partial charge on any atom is -0.457 e. The number of hydrogen-bond donors (Lipinski definition) is 0. The van der Waals surface area contributed by atoms with Crippen molar-refractivity contribution in [1.29, 1.82) is 0 Å². The summed E-state index contributed by atoms with van der Waals surface area (Å²) in [4.78, 5) is 11.6. The molecule has 0 amide bonds. The number of esters is 1. The van der Waals surface area contributed by atoms with E-state index in [1.54, 1.807) is 0 Å². The highest BCUT2D eigenvalue weighted by molar-refractivity contribution is 5.95. The molecule has 2 heteroatoms. The molecule has 0 bridgehead atoms. The molecule has 1 aliphatic heterocycles. The van der Waals surface area contributed by atoms with Crippen LogP contribution in [0, 0.1) is 12.3 Å². The molecule has 84 valence electrons. The van der Waals surface area contributed by atoms with E-state index in [4.69, 9.17) is 4.74 Å². The van der Waals surface area contributed by atoms with Gasteiger partial charge in [0, 0.05) is 5.56 Å². The molecule has 1 aromatic carbocycles. The van der Waals surface area contributed by atoms with E-state index < -0.39 is 0 Å². The van der Waals surface area contributed by atoms with Gasteiger partial charge in [-0.3, -0.25) is 0 Å². The molecule has 0 atom stereocenters. The molecule has 0 N–H and O–H groups in total. The molecule has 0 fully saturated rings. The topological polar surface area (TPSA) is 26.3 Å². The summed E-state index contributed by atoms with van der Waals surface area (Å²) in [6.45, 7) is 7.10. The lowest BCUT2D eigenvalue weighted by atomic mass is 9.90. The van der Waals surface area contributed by atoms with E-state index in [1.165, 1.54) is 11.1 Å². The molecular weight excluding hydrogens is 200 g/mol. The molecule has 2 aliphatic rings. The van der Waals surface area contributed by atoms with Gasteiger partial charge < -0.3 is 4.74 Å². The monoisotopic (exact) mass is 216 g/mol. The van der Waals surface area contributed by atoms with Gasteiger partial charge >= 0.3 is 5.97 Å². The van der Waals surface area contributed by atoms with Gasteiger partial charge in [0.2, 0.25) is 0 Å². The van der Waals surface area contributed by atoms with Gasteiger partial charge in [0.1, 0.15) is 6.61 Å². The first kappa shape index (κ1) is 9.88. The zero-order valence-electron chi connectivity index (χ0n) is 10.0. The number of carbonyl (C=O) groups is 1. The summed E-state index contributed by atoms with van der Waals surface area (Å²) in [6.07, 6.45) is 2.19. The largest absolute Gasteiger partial charge is 0.457 e. The summed E-state index contributed by atoms with van der Waals surface area (Å²) in [6, 6.07) is 2.18. The van der Waals surface area contributed by atoms with Gasteiger partial charge in [-0.05, 0) is 41.9 Å². The molecule has 3 rings (SSSR count). The molecule has 16 heavy (non-hydrogen) atoms. The summed E-state index contributed by atoms with van der Waals surface area (Å²) in [5.74, 6) is -0.139. The average Bonchev–Trinajstić information content (AvgIpc) is 2.67. The van der Waals surface area contributed by atoms with Crippen LogP contribution in [-0.2, 0) is 24.2 Å². The van der Waals surface area contributed by atoms with Crippen LogP contribution in [0.25, 0.3) is 0 Å². The molecule has 0 aromatic heterocycles. The van der Waals surface area contributed by atoms with Crippen molar-refractivity contribution in [1.82, 2.24) is 0 Å². The van der Waals surface area contributed by atoms with Crippen molar-refractivity contribution in [3.63, 3.8) is 0 Å². The zero-order valence-corrected chi connectivity index (χ0v) is 10.0. The molecule has 0 saturated heterocycles. The van der Waals surface area contributed by atoms with Crippen LogP contribution in [0.4, 0.5) is 0 Å². The first-order chi connectivity index (χ1) is 7.48. The van der Waals surface area contributed by atoms with Gasteiger partial charge in [-0.2, -0.15) is 0 Å². The van der Waals surface area contributed by atoms with Crippen molar-refractivity contribution in [3.05, 3.63) is 33.9 Å². The maximum atomic E-state index is 11.6. The third-order valence-corrected chi connectivity index (χ3v) is 3.77. The number of cyclic esters (lactones) is 1. The van der Waals surface area contributed by atoms with Crippen molar-refractivity contribution in [2.45, 2.75) is 40.2 Å². The summed E-state index contributed by atoms with van der Waals surface area (Å²) >= 11 is 0. The van der Waals surface area contributed by atoms with Crippen molar-refractivity contribution in [2.24, 2.45) is 5.41 Å². The van der Waals surface area contributed by atoms with Gasteiger partial charge in [0.25, 0.3) is 0 Å². The van der Waals surface area contributed by atoms with Crippen LogP contribution in [-0.4, -0.2) is 5.97 Å². The quantitative estimate of drug-likeness (QED) is 0.623. The smallest absolute Gasteiger partial charge is 0.339 e. The standard InChI is InChI=1S/C14H16O2/c1-8-11-6-14(2,3)5-9(11)4-10-7-16-13(15)12(8)10/h4H,5-7H2,1-3H3. The fourth-order valence-electron chi connectivity index (χ4n) is 3.08. The molecule has 0 saturated carbocycles. The predicted molar refractivity (Wildman–Crippen MR) is 61.5 cm³/mol. The zero-order chi connectivity index (χ0) is 11.5. The maximum absolute atomic E-state index is 11.6. The highest BCUT2D eigenvalue weighted by Crippen LogP contribution is 2.41. The van der Waals surface area contributed by atoms with E-state index in [1.807, 2.05) is 0 Å². The highest BCUT2D eigenvalue weighted by atomic mass is 16.5. The molecule has 1 aliphatic carbocycles. The number of fused-ring (bicyclic) bond motifs is 2. The molecule has 0 spiro atoms. The Balaban J connectivity index is 2.21. The van der Waals surface area contributed by atoms with Crippen molar-refractivity contribution >= 4 is 5.97 Å². The lowest BCUT2D eigenvalue weighted by Gasteiger charge is -2.15. The van der Waals surface area contributed by atoms with E-state index in [0.29, 0.717) is 12.0 Å². The third kappa shape index (κ3) is 1.22. The highest BCUT2D eigenvalue weighted by Gasteiger charge is 2.34. The summed E-state index contributed by atoms with van der Waals surface area (Å²) < 4.78 is 5.10. The van der Waals surface area contributed by atoms with Gasteiger partial charge in [0.15, 0.2) is 0 Å². The van der Waals surface area contributed by atoms with Gasteiger partial charge in [-0.15, -0.1) is 0 Å². The Morgan fingerprint density at radius 3 is 2.75 bits per heavy atom. The number of carbonyl (C=O) groups excluding carboxylic acids is 1. The van der Waals surface area contributed by atoms with E-state index in [-0.39, 0.29) is 5.97 Å². The third-order valence-electron chi connectivity index (χ3n) is 3.77. The first-order valence-electron chi connectivity index (χ1n) is 5.79. The van der Waals surface area contributed by atoms with Crippen LogP contribution in [0.3, 0.4) is 0 Å². The first-order valence-corrected chi connectivity index (χ1v) is 5.79. The summed E-state index contributed by atoms with van der Waals surface area (Å²) in [5, 5.41) is 0. The second-order valence-electron chi connectivity index (χ2n) is 5.77. The molecule has 1 aromatic rings. The minimum atomic E-state index is -0.139. The lowest BCUT2D eigenvalue weighted by molar-refractivity contribution is 0.0534. The normalized spacial score (nSPS) is 20.6. The second kappa shape index (κ2) is 2.88. The molecule has 1 heterocycles. The number of rotatable bonds is 0. The lowest BCUT2D eigenvalue weighted by Crippen LogP contribution is -2.10. The van der Waals surface area contributed by atoms with Crippen molar-refractivity contribution < 1.29 is 9.53 Å². The van der Waals surface area contributed by atoms with Crippen LogP contribution in [0.5, 0.6) is 0 Å². The van der Waals surface area contributed by atoms with Crippen LogP contribution >= 0.6 is 0 Å². The fourth-order valence-corrected chi connectivity index (χ4v) is 3.08. The van der Waals surface area contributed by atoms with Crippen LogP contribution in [0.15, 0.2) is 6.07 Å². The Kier molecular flexibility index (Phi) is 1.78. The van der Waals surface area contributed by atoms with Crippen LogP contribution in [0.1, 0.15) is 46.5 Å². The summed E-state index contributed by atoms with van der Waals surface area (Å²) in [7, 11) is 0. The number of hydrogen-bond acceptors (Lipinski definition) is 2. The Morgan fingerprint density at radius 2 is 2.00 bits per heavy atom. The Morgan fingerprint density at radius 1 is 1.25 bits per heavy atom. The van der Waals surface area contributed by atoms with Crippen LogP contribution in [0.2, 0.25) is 0 Å². The Bertz CT molecular complexity index is 498. The molecule has 0 unspecified atom stereocenters. The van der Waals surface area contributed by atoms with Gasteiger partial charge in [0.05, 0.1) is 5.56 Å². The van der Waals surface area contributed by atoms with E-state index in [0.717, 1.165) is 29.5 Å². The fraction of sp³-hybridized carbons (Fsp3) is 0.500. The second-order valence-corrected chi connectivity index (χ2v) is 5.77. The Labute approximate surface area is 95.6 Å². The van der Waals surface area contributed by atoms with E-state index in [9.17, 15) is 4.79 Å². The Hall–Kier alpha value is -1.31. The van der Waals surface area contributed by atoms with Gasteiger partial charge in [-0.1, -0.05) is 19.9 Å². The number of benzene rings is 1. The van der Waals surface area contributed by atoms with Crippen molar-refractivity contribution in [2.75, 3.05) is 0 Å². The van der Waals surface area contributed by atoms with Crippen LogP contribution < -0.4 is 0 Å². The predicted octanol–water partition coefficient (Wildman–Crippen LogP) is 2.79. The van der Waals surface area contributed by atoms with E-state index >= 15 is 0 Å². The molecule has 0 radical (unpaired) electrons. The van der Waals surface area contributed by atoms with E-state index in [2.05, 4.69) is 26.8 Å². The number of ether oxygens (including phenoxy) is 1. The SMILES string of the molecule is Cc1c2c(cc3c1C(=O)OC3)CC(C)(C)C2. The minimum absolute atomic E-state index is 0.139. The molecule has 2 nitrogen and oxygen atoms in total. The van der Waals surface area contributed by atoms with Crippen molar-refractivity contribution in [3.8, 4) is 0 Å². The van der Waals surface area contributed by atoms with Gasteiger partial charge in [-0.25, -0.2) is 4.79 Å².